The highest BCUT2D eigenvalue weighted by atomic mass is 16.5. The molecule has 7 heteroatoms. The van der Waals surface area contributed by atoms with Crippen molar-refractivity contribution in [3.63, 3.8) is 0 Å². The van der Waals surface area contributed by atoms with Gasteiger partial charge in [0, 0.05) is 6.04 Å². The third-order valence-corrected chi connectivity index (χ3v) is 4.21. The maximum atomic E-state index is 12.4. The molecule has 0 aromatic heterocycles. The molecule has 2 rings (SSSR count). The van der Waals surface area contributed by atoms with Crippen LogP contribution in [0.1, 0.15) is 43.7 Å². The number of hydrogen-bond acceptors (Lipinski definition) is 4. The Hall–Kier alpha value is -2.75. The molecule has 0 aliphatic heterocycles. The molecule has 0 radical (unpaired) electrons. The number of nitriles is 1. The van der Waals surface area contributed by atoms with Crippen LogP contribution in [0.4, 0.5) is 9.59 Å². The second kappa shape index (κ2) is 8.20. The maximum Gasteiger partial charge on any atom is 0.415 e. The van der Waals surface area contributed by atoms with E-state index in [-0.39, 0.29) is 6.04 Å². The Kier molecular flexibility index (Phi) is 6.01. The summed E-state index contributed by atoms with van der Waals surface area (Å²) >= 11 is 0. The van der Waals surface area contributed by atoms with Crippen LogP contribution in [0.2, 0.25) is 0 Å². The second-order valence-corrected chi connectivity index (χ2v) is 5.73. The van der Waals surface area contributed by atoms with Crippen LogP contribution in [0.15, 0.2) is 24.3 Å². The van der Waals surface area contributed by atoms with Gasteiger partial charge < -0.3 is 15.2 Å². The summed E-state index contributed by atoms with van der Waals surface area (Å²) in [7, 11) is 1.54. The van der Waals surface area contributed by atoms with Crippen LogP contribution >= 0.6 is 0 Å². The zero-order chi connectivity index (χ0) is 17.5. The molecule has 1 aromatic rings. The molecule has 7 nitrogen and oxygen atoms in total. The van der Waals surface area contributed by atoms with Crippen LogP contribution in [0.5, 0.6) is 5.75 Å². The normalized spacial score (nSPS) is 15.8. The summed E-state index contributed by atoms with van der Waals surface area (Å²) in [4.78, 5) is 24.7. The first kappa shape index (κ1) is 17.6. The fourth-order valence-corrected chi connectivity index (χ4v) is 2.93. The van der Waals surface area contributed by atoms with Crippen molar-refractivity contribution in [2.24, 2.45) is 0 Å². The van der Waals surface area contributed by atoms with E-state index in [2.05, 4.69) is 5.32 Å². The van der Waals surface area contributed by atoms with Crippen molar-refractivity contribution < 1.29 is 19.4 Å². The van der Waals surface area contributed by atoms with Gasteiger partial charge in [-0.1, -0.05) is 31.4 Å². The average molecular weight is 331 g/mol. The lowest BCUT2D eigenvalue weighted by atomic mass is 9.94. The minimum absolute atomic E-state index is 0.327. The van der Waals surface area contributed by atoms with Gasteiger partial charge in [-0.15, -0.1) is 0 Å². The number of methoxy groups -OCH3 is 1. The number of imide groups is 1. The number of ether oxygens (including phenoxy) is 1. The summed E-state index contributed by atoms with van der Waals surface area (Å²) in [5, 5.41) is 21.2. The number of carbonyl (C=O) groups excluding carboxylic acids is 1. The fourth-order valence-electron chi connectivity index (χ4n) is 2.93. The van der Waals surface area contributed by atoms with E-state index in [0.717, 1.165) is 24.2 Å². The zero-order valence-corrected chi connectivity index (χ0v) is 13.6. The van der Waals surface area contributed by atoms with Gasteiger partial charge in [-0.2, -0.15) is 5.26 Å². The van der Waals surface area contributed by atoms with E-state index >= 15 is 0 Å². The van der Waals surface area contributed by atoms with Crippen LogP contribution in [-0.2, 0) is 0 Å². The molecule has 2 N–H and O–H groups in total. The molecule has 1 saturated carbocycles. The lowest BCUT2D eigenvalue weighted by Crippen LogP contribution is -2.50. The maximum absolute atomic E-state index is 12.4. The Labute approximate surface area is 140 Å². The quantitative estimate of drug-likeness (QED) is 0.881. The predicted molar refractivity (Wildman–Crippen MR) is 86.6 cm³/mol. The van der Waals surface area contributed by atoms with Gasteiger partial charge in [-0.25, -0.2) is 14.5 Å². The Balaban J connectivity index is 2.10. The van der Waals surface area contributed by atoms with Crippen molar-refractivity contribution in [3.8, 4) is 11.8 Å². The predicted octanol–water partition coefficient (Wildman–Crippen LogP) is 3.28. The highest BCUT2D eigenvalue weighted by Crippen LogP contribution is 2.24. The van der Waals surface area contributed by atoms with E-state index in [0.29, 0.717) is 24.2 Å². The molecule has 0 spiro atoms. The molecule has 1 atom stereocenters. The third kappa shape index (κ3) is 4.16. The minimum atomic E-state index is -1.29. The first-order valence-electron chi connectivity index (χ1n) is 7.93. The molecule has 1 aliphatic rings. The van der Waals surface area contributed by atoms with Crippen LogP contribution in [-0.4, -0.2) is 35.3 Å². The first-order chi connectivity index (χ1) is 11.6. The van der Waals surface area contributed by atoms with Crippen molar-refractivity contribution in [2.75, 3.05) is 7.11 Å². The van der Waals surface area contributed by atoms with E-state index in [4.69, 9.17) is 4.74 Å². The molecule has 0 saturated heterocycles. The molecule has 1 fully saturated rings. The summed E-state index contributed by atoms with van der Waals surface area (Å²) in [6.07, 6.45) is 2.91. The van der Waals surface area contributed by atoms with E-state index in [1.807, 2.05) is 6.07 Å². The number of nitrogens with zero attached hydrogens (tertiary/aromatic N) is 2. The lowest BCUT2D eigenvalue weighted by molar-refractivity contribution is 0.120. The Bertz CT molecular complexity index is 618. The monoisotopic (exact) mass is 331 g/mol. The van der Waals surface area contributed by atoms with Crippen LogP contribution in [0.3, 0.4) is 0 Å². The molecule has 0 bridgehead atoms. The number of amides is 3. The highest BCUT2D eigenvalue weighted by molar-refractivity contribution is 5.90. The van der Waals surface area contributed by atoms with Crippen molar-refractivity contribution in [2.45, 2.75) is 44.2 Å². The molecule has 3 amide bonds. The smallest absolute Gasteiger partial charge is 0.415 e. The minimum Gasteiger partial charge on any atom is -0.497 e. The fraction of sp³-hybridized carbons (Fsp3) is 0.471. The van der Waals surface area contributed by atoms with E-state index in [1.165, 1.54) is 7.11 Å². The standard InChI is InChI=1S/C17H21N3O4/c1-24-14-9-7-12(8-10-14)15(11-18)19-16(21)20(17(22)23)13-5-3-2-4-6-13/h7-10,13,15H,2-6H2,1H3,(H,19,21)(H,22,23). The summed E-state index contributed by atoms with van der Waals surface area (Å²) in [6.45, 7) is 0. The van der Waals surface area contributed by atoms with Gasteiger partial charge in [-0.3, -0.25) is 0 Å². The number of hydrogen-bond donors (Lipinski definition) is 2. The molecule has 1 unspecified atom stereocenters. The van der Waals surface area contributed by atoms with Crippen LogP contribution < -0.4 is 10.1 Å². The lowest BCUT2D eigenvalue weighted by Gasteiger charge is -2.31. The van der Waals surface area contributed by atoms with E-state index in [1.54, 1.807) is 24.3 Å². The summed E-state index contributed by atoms with van der Waals surface area (Å²) < 4.78 is 5.06. The molecular formula is C17H21N3O4. The van der Waals surface area contributed by atoms with Gasteiger partial charge in [0.05, 0.1) is 13.2 Å². The zero-order valence-electron chi connectivity index (χ0n) is 13.6. The van der Waals surface area contributed by atoms with Gasteiger partial charge in [0.15, 0.2) is 0 Å². The third-order valence-electron chi connectivity index (χ3n) is 4.21. The molecule has 24 heavy (non-hydrogen) atoms. The van der Waals surface area contributed by atoms with Crippen molar-refractivity contribution in [3.05, 3.63) is 29.8 Å². The van der Waals surface area contributed by atoms with E-state index in [9.17, 15) is 20.0 Å². The second-order valence-electron chi connectivity index (χ2n) is 5.73. The summed E-state index contributed by atoms with van der Waals surface area (Å²) in [5.41, 5.74) is 0.570. The molecular weight excluding hydrogens is 310 g/mol. The Morgan fingerprint density at radius 2 is 1.92 bits per heavy atom. The summed E-state index contributed by atoms with van der Waals surface area (Å²) in [6, 6.07) is 6.68. The Morgan fingerprint density at radius 3 is 2.42 bits per heavy atom. The van der Waals surface area contributed by atoms with Gasteiger partial charge in [0.1, 0.15) is 11.8 Å². The molecule has 0 heterocycles. The largest absolute Gasteiger partial charge is 0.497 e. The number of nitrogens with one attached hydrogen (secondary N) is 1. The van der Waals surface area contributed by atoms with E-state index < -0.39 is 18.2 Å². The number of urea groups is 1. The molecule has 1 aromatic carbocycles. The topological polar surface area (TPSA) is 103 Å². The number of carboxylic acid groups (broad SMARTS) is 1. The number of rotatable bonds is 4. The Morgan fingerprint density at radius 1 is 1.29 bits per heavy atom. The number of benzene rings is 1. The SMILES string of the molecule is COc1ccc(C(C#N)NC(=O)N(C(=O)O)C2CCCCC2)cc1. The first-order valence-corrected chi connectivity index (χ1v) is 7.93. The highest BCUT2D eigenvalue weighted by Gasteiger charge is 2.32. The number of carbonyl (C=O) groups is 2. The van der Waals surface area contributed by atoms with Gasteiger partial charge >= 0.3 is 12.1 Å². The van der Waals surface area contributed by atoms with Crippen molar-refractivity contribution in [1.29, 1.82) is 5.26 Å². The average Bonchev–Trinajstić information content (AvgIpc) is 2.60. The molecule has 128 valence electrons. The van der Waals surface area contributed by atoms with Crippen LogP contribution in [0.25, 0.3) is 0 Å². The summed E-state index contributed by atoms with van der Waals surface area (Å²) in [5.74, 6) is 0.635. The van der Waals surface area contributed by atoms with Crippen LogP contribution in [0, 0.1) is 11.3 Å². The van der Waals surface area contributed by atoms with Crippen molar-refractivity contribution >= 4 is 12.1 Å². The molecule has 1 aliphatic carbocycles. The van der Waals surface area contributed by atoms with Gasteiger partial charge in [-0.05, 0) is 30.5 Å². The van der Waals surface area contributed by atoms with Crippen molar-refractivity contribution in [1.82, 2.24) is 10.2 Å². The van der Waals surface area contributed by atoms with Gasteiger partial charge in [0.2, 0.25) is 0 Å². The van der Waals surface area contributed by atoms with Gasteiger partial charge in [0.25, 0.3) is 0 Å².